The minimum Gasteiger partial charge on any atom is -0.390 e. The first kappa shape index (κ1) is 15.0. The van der Waals surface area contributed by atoms with Crippen molar-refractivity contribution in [3.63, 3.8) is 0 Å². The molecule has 2 atom stereocenters. The van der Waals surface area contributed by atoms with Gasteiger partial charge in [0.05, 0.1) is 12.1 Å². The molecule has 4 nitrogen and oxygen atoms in total. The highest BCUT2D eigenvalue weighted by atomic mass is 35.5. The van der Waals surface area contributed by atoms with Gasteiger partial charge in [0.15, 0.2) is 0 Å². The Morgan fingerprint density at radius 1 is 1.25 bits per heavy atom. The highest BCUT2D eigenvalue weighted by Gasteiger charge is 2.32. The molecular weight excluding hydrogens is 274 g/mol. The van der Waals surface area contributed by atoms with Gasteiger partial charge in [-0.1, -0.05) is 44.5 Å². The molecule has 2 aromatic rings. The largest absolute Gasteiger partial charge is 0.390 e. The molecule has 1 aromatic heterocycles. The van der Waals surface area contributed by atoms with Crippen LogP contribution in [0.4, 0.5) is 0 Å². The van der Waals surface area contributed by atoms with Gasteiger partial charge in [0.25, 0.3) is 0 Å². The van der Waals surface area contributed by atoms with Gasteiger partial charge in [-0.15, -0.1) is 0 Å². The molecule has 1 N–H and O–H groups in total. The molecule has 0 saturated heterocycles. The fourth-order valence-corrected chi connectivity index (χ4v) is 2.30. The summed E-state index contributed by atoms with van der Waals surface area (Å²) in [5.74, 6) is 0. The molecule has 0 aliphatic carbocycles. The van der Waals surface area contributed by atoms with Crippen molar-refractivity contribution in [3.05, 3.63) is 47.5 Å². The van der Waals surface area contributed by atoms with E-state index in [0.717, 1.165) is 5.56 Å². The lowest BCUT2D eigenvalue weighted by Gasteiger charge is -2.33. The van der Waals surface area contributed by atoms with Crippen LogP contribution in [0.3, 0.4) is 0 Å². The van der Waals surface area contributed by atoms with E-state index in [-0.39, 0.29) is 11.5 Å². The molecule has 0 fully saturated rings. The van der Waals surface area contributed by atoms with Gasteiger partial charge in [0.1, 0.15) is 12.7 Å². The SMILES string of the molecule is CC(C)(C)[C@H](O)[C@@H](Cc1ccc(Cl)cc1)n1cncn1. The summed E-state index contributed by atoms with van der Waals surface area (Å²) >= 11 is 5.91. The second-order valence-corrected chi connectivity index (χ2v) is 6.52. The van der Waals surface area contributed by atoms with Crippen molar-refractivity contribution in [2.45, 2.75) is 39.3 Å². The predicted octanol–water partition coefficient (Wildman–Crippen LogP) is 3.12. The van der Waals surface area contributed by atoms with Gasteiger partial charge in [-0.05, 0) is 29.5 Å². The zero-order valence-corrected chi connectivity index (χ0v) is 12.7. The Kier molecular flexibility index (Phi) is 4.45. The lowest BCUT2D eigenvalue weighted by molar-refractivity contribution is 0.0124. The first-order valence-corrected chi connectivity index (χ1v) is 7.02. The Hall–Kier alpha value is -1.39. The van der Waals surface area contributed by atoms with Crippen molar-refractivity contribution in [2.24, 2.45) is 5.41 Å². The zero-order valence-electron chi connectivity index (χ0n) is 12.0. The van der Waals surface area contributed by atoms with Gasteiger partial charge in [-0.25, -0.2) is 9.67 Å². The molecule has 0 amide bonds. The maximum absolute atomic E-state index is 10.6. The normalized spacial score (nSPS) is 15.1. The summed E-state index contributed by atoms with van der Waals surface area (Å²) in [7, 11) is 0. The van der Waals surface area contributed by atoms with E-state index < -0.39 is 6.10 Å². The second-order valence-electron chi connectivity index (χ2n) is 6.08. The molecule has 0 bridgehead atoms. The van der Waals surface area contributed by atoms with Crippen LogP contribution in [0.15, 0.2) is 36.9 Å². The number of nitrogens with zero attached hydrogens (tertiary/aromatic N) is 3. The summed E-state index contributed by atoms with van der Waals surface area (Å²) in [4.78, 5) is 3.98. The minimum absolute atomic E-state index is 0.154. The molecule has 0 unspecified atom stereocenters. The summed E-state index contributed by atoms with van der Waals surface area (Å²) in [6.45, 7) is 6.05. The van der Waals surface area contributed by atoms with Crippen molar-refractivity contribution in [2.75, 3.05) is 0 Å². The Morgan fingerprint density at radius 3 is 2.40 bits per heavy atom. The zero-order chi connectivity index (χ0) is 14.8. The third-order valence-electron chi connectivity index (χ3n) is 3.39. The van der Waals surface area contributed by atoms with Gasteiger partial charge >= 0.3 is 0 Å². The highest BCUT2D eigenvalue weighted by Crippen LogP contribution is 2.30. The maximum Gasteiger partial charge on any atom is 0.137 e. The topological polar surface area (TPSA) is 50.9 Å². The molecular formula is C15H20ClN3O. The average Bonchev–Trinajstić information content (AvgIpc) is 2.90. The van der Waals surface area contributed by atoms with Gasteiger partial charge in [-0.2, -0.15) is 5.10 Å². The third kappa shape index (κ3) is 3.58. The van der Waals surface area contributed by atoms with Crippen LogP contribution in [0.5, 0.6) is 0 Å². The third-order valence-corrected chi connectivity index (χ3v) is 3.64. The van der Waals surface area contributed by atoms with E-state index >= 15 is 0 Å². The first-order chi connectivity index (χ1) is 9.38. The van der Waals surface area contributed by atoms with Crippen molar-refractivity contribution >= 4 is 11.6 Å². The van der Waals surface area contributed by atoms with E-state index in [1.165, 1.54) is 6.33 Å². The summed E-state index contributed by atoms with van der Waals surface area (Å²) < 4.78 is 1.73. The average molecular weight is 294 g/mol. The number of halogens is 1. The molecule has 2 rings (SSSR count). The molecule has 5 heteroatoms. The highest BCUT2D eigenvalue weighted by molar-refractivity contribution is 6.30. The predicted molar refractivity (Wildman–Crippen MR) is 79.7 cm³/mol. The Morgan fingerprint density at radius 2 is 1.90 bits per heavy atom. The number of rotatable bonds is 4. The number of aliphatic hydroxyl groups excluding tert-OH is 1. The van der Waals surface area contributed by atoms with E-state index in [1.54, 1.807) is 11.0 Å². The standard InChI is InChI=1S/C15H20ClN3O/c1-15(2,3)14(20)13(19-10-17-9-18-19)8-11-4-6-12(16)7-5-11/h4-7,9-10,13-14,20H,8H2,1-3H3/t13-,14-/m1/s1. The van der Waals surface area contributed by atoms with E-state index in [4.69, 9.17) is 11.6 Å². The summed E-state index contributed by atoms with van der Waals surface area (Å²) in [5.41, 5.74) is 0.876. The van der Waals surface area contributed by atoms with Crippen LogP contribution >= 0.6 is 11.6 Å². The second kappa shape index (κ2) is 5.94. The van der Waals surface area contributed by atoms with E-state index in [1.807, 2.05) is 45.0 Å². The van der Waals surface area contributed by atoms with Gasteiger partial charge < -0.3 is 5.11 Å². The lowest BCUT2D eigenvalue weighted by atomic mass is 9.82. The van der Waals surface area contributed by atoms with Crippen LogP contribution in [0.25, 0.3) is 0 Å². The molecule has 1 aromatic carbocycles. The molecule has 0 radical (unpaired) electrons. The number of benzene rings is 1. The van der Waals surface area contributed by atoms with Crippen molar-refractivity contribution in [3.8, 4) is 0 Å². The Balaban J connectivity index is 2.26. The monoisotopic (exact) mass is 293 g/mol. The summed E-state index contributed by atoms with van der Waals surface area (Å²) in [5, 5.41) is 15.5. The molecule has 1 heterocycles. The van der Waals surface area contributed by atoms with Gasteiger partial charge in [0.2, 0.25) is 0 Å². The molecule has 108 valence electrons. The summed E-state index contributed by atoms with van der Waals surface area (Å²) in [6, 6.07) is 7.51. The van der Waals surface area contributed by atoms with Crippen LogP contribution in [0.1, 0.15) is 32.4 Å². The van der Waals surface area contributed by atoms with Gasteiger partial charge in [0, 0.05) is 5.02 Å². The molecule has 0 saturated carbocycles. The maximum atomic E-state index is 10.6. The molecule has 0 aliphatic rings. The fraction of sp³-hybridized carbons (Fsp3) is 0.467. The minimum atomic E-state index is -0.528. The van der Waals surface area contributed by atoms with Crippen LogP contribution in [0, 0.1) is 5.41 Å². The molecule has 20 heavy (non-hydrogen) atoms. The van der Waals surface area contributed by atoms with E-state index in [0.29, 0.717) is 11.4 Å². The van der Waals surface area contributed by atoms with Crippen LogP contribution in [-0.2, 0) is 6.42 Å². The lowest BCUT2D eigenvalue weighted by Crippen LogP contribution is -2.37. The smallest absolute Gasteiger partial charge is 0.137 e. The number of aliphatic hydroxyl groups is 1. The van der Waals surface area contributed by atoms with Crippen molar-refractivity contribution < 1.29 is 5.11 Å². The van der Waals surface area contributed by atoms with Crippen LogP contribution < -0.4 is 0 Å². The summed E-state index contributed by atoms with van der Waals surface area (Å²) in [6.07, 6.45) is 3.29. The Bertz CT molecular complexity index is 531. The first-order valence-electron chi connectivity index (χ1n) is 6.64. The quantitative estimate of drug-likeness (QED) is 0.942. The van der Waals surface area contributed by atoms with E-state index in [2.05, 4.69) is 10.1 Å². The van der Waals surface area contributed by atoms with Gasteiger partial charge in [-0.3, -0.25) is 0 Å². The van der Waals surface area contributed by atoms with Crippen LogP contribution in [-0.4, -0.2) is 26.0 Å². The number of hydrogen-bond donors (Lipinski definition) is 1. The molecule has 0 spiro atoms. The van der Waals surface area contributed by atoms with Crippen molar-refractivity contribution in [1.29, 1.82) is 0 Å². The molecule has 0 aliphatic heterocycles. The van der Waals surface area contributed by atoms with E-state index in [9.17, 15) is 5.11 Å². The number of hydrogen-bond acceptors (Lipinski definition) is 3. The van der Waals surface area contributed by atoms with Crippen molar-refractivity contribution in [1.82, 2.24) is 14.8 Å². The fourth-order valence-electron chi connectivity index (χ4n) is 2.18. The number of aromatic nitrogens is 3. The Labute approximate surface area is 124 Å². The van der Waals surface area contributed by atoms with Crippen LogP contribution in [0.2, 0.25) is 5.02 Å².